The maximum atomic E-state index is 11.1. The second-order valence-electron chi connectivity index (χ2n) is 3.74. The van der Waals surface area contributed by atoms with Gasteiger partial charge in [-0.05, 0) is 0 Å². The molecule has 102 valence electrons. The van der Waals surface area contributed by atoms with Gasteiger partial charge in [-0.1, -0.05) is 0 Å². The van der Waals surface area contributed by atoms with Crippen molar-refractivity contribution in [3.63, 3.8) is 0 Å². The molecular formula is C10H12N4O5. The van der Waals surface area contributed by atoms with Gasteiger partial charge in [0.15, 0.2) is 12.0 Å². The first-order valence-electron chi connectivity index (χ1n) is 5.55. The van der Waals surface area contributed by atoms with Crippen LogP contribution in [0, 0.1) is 10.1 Å². The fourth-order valence-corrected chi connectivity index (χ4v) is 1.78. The van der Waals surface area contributed by atoms with Crippen LogP contribution in [0.4, 0.5) is 11.5 Å². The summed E-state index contributed by atoms with van der Waals surface area (Å²) >= 11 is 0. The number of hydrogen-bond acceptors (Lipinski definition) is 8. The summed E-state index contributed by atoms with van der Waals surface area (Å²) in [4.78, 5) is 30.7. The Bertz CT molecular complexity index is 501. The zero-order valence-electron chi connectivity index (χ0n) is 10.2. The van der Waals surface area contributed by atoms with E-state index in [1.165, 1.54) is 7.11 Å². The van der Waals surface area contributed by atoms with Gasteiger partial charge in [0.1, 0.15) is 0 Å². The predicted octanol–water partition coefficient (Wildman–Crippen LogP) is 0.0425. The van der Waals surface area contributed by atoms with Gasteiger partial charge in [-0.2, -0.15) is 9.97 Å². The van der Waals surface area contributed by atoms with Gasteiger partial charge in [-0.25, -0.2) is 0 Å². The van der Waals surface area contributed by atoms with Crippen LogP contribution in [0.25, 0.3) is 0 Å². The Morgan fingerprint density at radius 2 is 2.11 bits per heavy atom. The number of morpholine rings is 1. The molecule has 9 heteroatoms. The van der Waals surface area contributed by atoms with Gasteiger partial charge in [-0.15, -0.1) is 0 Å². The molecule has 0 N–H and O–H groups in total. The normalized spacial score (nSPS) is 15.1. The smallest absolute Gasteiger partial charge is 0.340 e. The topological polar surface area (TPSA) is 108 Å². The quantitative estimate of drug-likeness (QED) is 0.428. The van der Waals surface area contributed by atoms with Crippen LogP contribution < -0.4 is 9.64 Å². The fourth-order valence-electron chi connectivity index (χ4n) is 1.78. The number of rotatable bonds is 4. The lowest BCUT2D eigenvalue weighted by molar-refractivity contribution is -0.384. The van der Waals surface area contributed by atoms with Crippen molar-refractivity contribution in [2.75, 3.05) is 38.3 Å². The minimum Gasteiger partial charge on any atom is -0.467 e. The molecule has 1 aliphatic heterocycles. The zero-order chi connectivity index (χ0) is 13.8. The second kappa shape index (κ2) is 5.57. The minimum atomic E-state index is -0.659. The molecule has 1 aliphatic rings. The van der Waals surface area contributed by atoms with Crippen LogP contribution in [0.2, 0.25) is 0 Å². The first-order valence-corrected chi connectivity index (χ1v) is 5.55. The van der Waals surface area contributed by atoms with Gasteiger partial charge in [0.2, 0.25) is 5.82 Å². The van der Waals surface area contributed by atoms with Crippen molar-refractivity contribution in [1.82, 2.24) is 9.97 Å². The van der Waals surface area contributed by atoms with E-state index in [0.29, 0.717) is 32.6 Å². The number of anilines is 1. The van der Waals surface area contributed by atoms with E-state index in [9.17, 15) is 14.9 Å². The molecule has 0 spiro atoms. The van der Waals surface area contributed by atoms with E-state index in [2.05, 4.69) is 9.97 Å². The number of ether oxygens (including phenoxy) is 2. The standard InChI is InChI=1S/C10H12N4O5/c1-18-10-11-7(6-15)8(14(16)17)9(12-10)13-2-4-19-5-3-13/h6H,2-5H2,1H3. The van der Waals surface area contributed by atoms with Gasteiger partial charge in [-0.3, -0.25) is 14.9 Å². The average molecular weight is 268 g/mol. The van der Waals surface area contributed by atoms with Crippen LogP contribution >= 0.6 is 0 Å². The first-order chi connectivity index (χ1) is 9.17. The lowest BCUT2D eigenvalue weighted by Gasteiger charge is -2.27. The molecule has 1 aromatic rings. The highest BCUT2D eigenvalue weighted by Gasteiger charge is 2.29. The molecule has 1 aromatic heterocycles. The molecule has 0 aromatic carbocycles. The van der Waals surface area contributed by atoms with Crippen molar-refractivity contribution >= 4 is 17.8 Å². The fraction of sp³-hybridized carbons (Fsp3) is 0.500. The molecule has 0 radical (unpaired) electrons. The monoisotopic (exact) mass is 268 g/mol. The van der Waals surface area contributed by atoms with Crippen molar-refractivity contribution in [3.05, 3.63) is 15.8 Å². The number of methoxy groups -OCH3 is 1. The summed E-state index contributed by atoms with van der Waals surface area (Å²) < 4.78 is 10.0. The van der Waals surface area contributed by atoms with Crippen molar-refractivity contribution in [2.24, 2.45) is 0 Å². The Morgan fingerprint density at radius 1 is 1.42 bits per heavy atom. The van der Waals surface area contributed by atoms with Crippen LogP contribution in [0.5, 0.6) is 6.01 Å². The minimum absolute atomic E-state index is 0.0748. The largest absolute Gasteiger partial charge is 0.467 e. The summed E-state index contributed by atoms with van der Waals surface area (Å²) in [6.45, 7) is 1.80. The number of carbonyl (C=O) groups excluding carboxylic acids is 1. The van der Waals surface area contributed by atoms with Gasteiger partial charge in [0, 0.05) is 13.1 Å². The number of nitrogens with zero attached hydrogens (tertiary/aromatic N) is 4. The summed E-state index contributed by atoms with van der Waals surface area (Å²) in [6, 6.07) is -0.0748. The third-order valence-corrected chi connectivity index (χ3v) is 2.66. The Labute approximate surface area is 108 Å². The van der Waals surface area contributed by atoms with Crippen LogP contribution in [-0.4, -0.2) is 54.6 Å². The number of carbonyl (C=O) groups is 1. The van der Waals surface area contributed by atoms with Crippen molar-refractivity contribution in [1.29, 1.82) is 0 Å². The van der Waals surface area contributed by atoms with Crippen LogP contribution in [0.1, 0.15) is 10.5 Å². The van der Waals surface area contributed by atoms with Crippen molar-refractivity contribution < 1.29 is 19.2 Å². The number of aromatic nitrogens is 2. The SMILES string of the molecule is COc1nc(C=O)c([N+](=O)[O-])c(N2CCOCC2)n1. The van der Waals surface area contributed by atoms with Gasteiger partial charge >= 0.3 is 11.7 Å². The van der Waals surface area contributed by atoms with E-state index in [1.807, 2.05) is 0 Å². The lowest BCUT2D eigenvalue weighted by atomic mass is 10.3. The van der Waals surface area contributed by atoms with Gasteiger partial charge < -0.3 is 14.4 Å². The Hall–Kier alpha value is -2.29. The molecule has 0 unspecified atom stereocenters. The molecule has 1 fully saturated rings. The highest BCUT2D eigenvalue weighted by Crippen LogP contribution is 2.30. The molecule has 0 atom stereocenters. The molecule has 0 saturated carbocycles. The summed E-state index contributed by atoms with van der Waals surface area (Å²) in [5.74, 6) is 0.0854. The van der Waals surface area contributed by atoms with Crippen LogP contribution in [0.3, 0.4) is 0 Å². The van der Waals surface area contributed by atoms with Crippen molar-refractivity contribution in [2.45, 2.75) is 0 Å². The highest BCUT2D eigenvalue weighted by molar-refractivity contribution is 5.83. The molecule has 1 saturated heterocycles. The second-order valence-corrected chi connectivity index (χ2v) is 3.74. The van der Waals surface area contributed by atoms with E-state index in [0.717, 1.165) is 0 Å². The molecule has 2 heterocycles. The van der Waals surface area contributed by atoms with E-state index in [-0.39, 0.29) is 17.5 Å². The molecular weight excluding hydrogens is 256 g/mol. The number of aldehydes is 1. The predicted molar refractivity (Wildman–Crippen MR) is 63.7 cm³/mol. The van der Waals surface area contributed by atoms with E-state index in [1.54, 1.807) is 4.90 Å². The van der Waals surface area contributed by atoms with E-state index in [4.69, 9.17) is 9.47 Å². The number of hydrogen-bond donors (Lipinski definition) is 0. The lowest BCUT2D eigenvalue weighted by Crippen LogP contribution is -2.37. The zero-order valence-corrected chi connectivity index (χ0v) is 10.2. The van der Waals surface area contributed by atoms with Crippen LogP contribution in [-0.2, 0) is 4.74 Å². The van der Waals surface area contributed by atoms with Gasteiger partial charge in [0.05, 0.1) is 25.2 Å². The maximum absolute atomic E-state index is 11.1. The maximum Gasteiger partial charge on any atom is 0.340 e. The molecule has 9 nitrogen and oxygen atoms in total. The number of nitro groups is 1. The van der Waals surface area contributed by atoms with Gasteiger partial charge in [0.25, 0.3) is 0 Å². The Balaban J connectivity index is 2.54. The average Bonchev–Trinajstić information content (AvgIpc) is 2.46. The third-order valence-electron chi connectivity index (χ3n) is 2.66. The van der Waals surface area contributed by atoms with Crippen molar-refractivity contribution in [3.8, 4) is 6.01 Å². The highest BCUT2D eigenvalue weighted by atomic mass is 16.6. The Morgan fingerprint density at radius 3 is 2.63 bits per heavy atom. The molecule has 0 bridgehead atoms. The Kier molecular flexibility index (Phi) is 3.85. The summed E-state index contributed by atoms with van der Waals surface area (Å²) in [5, 5.41) is 11.1. The summed E-state index contributed by atoms with van der Waals surface area (Å²) in [5.41, 5.74) is -0.698. The molecule has 0 amide bonds. The molecule has 19 heavy (non-hydrogen) atoms. The summed E-state index contributed by atoms with van der Waals surface area (Å²) in [6.07, 6.45) is 0.326. The molecule has 2 rings (SSSR count). The summed E-state index contributed by atoms with van der Waals surface area (Å²) in [7, 11) is 1.33. The van der Waals surface area contributed by atoms with Crippen LogP contribution in [0.15, 0.2) is 0 Å². The first kappa shape index (κ1) is 13.1. The van der Waals surface area contributed by atoms with E-state index < -0.39 is 10.6 Å². The third kappa shape index (κ3) is 2.60. The molecule has 0 aliphatic carbocycles. The van der Waals surface area contributed by atoms with E-state index >= 15 is 0 Å².